The number of methoxy groups -OCH3 is 1. The molecule has 11 nitrogen and oxygen atoms in total. The van der Waals surface area contributed by atoms with Crippen molar-refractivity contribution in [3.05, 3.63) is 24.3 Å². The van der Waals surface area contributed by atoms with Crippen molar-refractivity contribution in [1.29, 1.82) is 0 Å². The summed E-state index contributed by atoms with van der Waals surface area (Å²) in [5.74, 6) is -1.23. The molecule has 2 rings (SSSR count). The molecule has 208 valence electrons. The maximum atomic E-state index is 13.7. The molecule has 1 aromatic carbocycles. The third-order valence-electron chi connectivity index (χ3n) is 6.25. The third kappa shape index (κ3) is 8.41. The molecule has 1 unspecified atom stereocenters. The highest BCUT2D eigenvalue weighted by molar-refractivity contribution is 7.89. The number of nitrogens with one attached hydrogen (secondary N) is 1. The summed E-state index contributed by atoms with van der Waals surface area (Å²) >= 11 is 0. The predicted molar refractivity (Wildman–Crippen MR) is 135 cm³/mol. The van der Waals surface area contributed by atoms with E-state index in [2.05, 4.69) is 0 Å². The Morgan fingerprint density at radius 2 is 1.76 bits per heavy atom. The number of piperidine rings is 1. The summed E-state index contributed by atoms with van der Waals surface area (Å²) in [6.07, 6.45) is 0.878. The van der Waals surface area contributed by atoms with Gasteiger partial charge in [-0.05, 0) is 55.9 Å². The summed E-state index contributed by atoms with van der Waals surface area (Å²) < 4.78 is 38.5. The number of sulfonamides is 1. The molecule has 1 aliphatic heterocycles. The number of rotatable bonds is 11. The maximum absolute atomic E-state index is 13.7. The molecule has 1 atom stereocenters. The molecule has 0 bridgehead atoms. The van der Waals surface area contributed by atoms with Crippen molar-refractivity contribution in [3.8, 4) is 5.75 Å². The molecule has 1 aromatic rings. The second kappa shape index (κ2) is 13.2. The van der Waals surface area contributed by atoms with Crippen LogP contribution in [0.25, 0.3) is 0 Å². The fraction of sp³-hybridized carbons (Fsp3) is 0.640. The second-order valence-corrected chi connectivity index (χ2v) is 12.1. The Morgan fingerprint density at radius 3 is 2.24 bits per heavy atom. The topological polar surface area (TPSA) is 143 Å². The maximum Gasteiger partial charge on any atom is 0.309 e. The first-order valence-corrected chi connectivity index (χ1v) is 13.8. The van der Waals surface area contributed by atoms with Gasteiger partial charge in [0.15, 0.2) is 0 Å². The Balaban J connectivity index is 2.27. The minimum Gasteiger partial charge on any atom is -0.497 e. The highest BCUT2D eigenvalue weighted by Gasteiger charge is 2.39. The van der Waals surface area contributed by atoms with Crippen LogP contribution in [-0.2, 0) is 29.1 Å². The van der Waals surface area contributed by atoms with Crippen molar-refractivity contribution < 1.29 is 37.5 Å². The van der Waals surface area contributed by atoms with Crippen LogP contribution in [-0.4, -0.2) is 80.0 Å². The van der Waals surface area contributed by atoms with E-state index in [1.807, 2.05) is 20.8 Å². The van der Waals surface area contributed by atoms with Gasteiger partial charge in [-0.15, -0.1) is 0 Å². The zero-order chi connectivity index (χ0) is 27.8. The van der Waals surface area contributed by atoms with Crippen molar-refractivity contribution in [1.82, 2.24) is 14.7 Å². The van der Waals surface area contributed by atoms with E-state index in [0.717, 1.165) is 4.31 Å². The molecular formula is C25H39N3O8S. The molecular weight excluding hydrogens is 502 g/mol. The van der Waals surface area contributed by atoms with Crippen LogP contribution in [0.5, 0.6) is 5.75 Å². The van der Waals surface area contributed by atoms with Crippen molar-refractivity contribution in [2.24, 2.45) is 11.3 Å². The first kappa shape index (κ1) is 30.5. The Kier molecular flexibility index (Phi) is 10.9. The number of hydrogen-bond donors (Lipinski definition) is 2. The Bertz CT molecular complexity index is 1030. The summed E-state index contributed by atoms with van der Waals surface area (Å²) in [6, 6.07) is 4.48. The SMILES string of the molecule is CCOC(=O)C1CCN(C(=O)CCN(C(CC(C)(C)C)C(=O)NO)S(=O)(=O)c2ccc(OC)cc2)CC1. The monoisotopic (exact) mass is 541 g/mol. The third-order valence-corrected chi connectivity index (χ3v) is 8.17. The van der Waals surface area contributed by atoms with Crippen LogP contribution < -0.4 is 10.2 Å². The van der Waals surface area contributed by atoms with Crippen molar-refractivity contribution >= 4 is 27.8 Å². The van der Waals surface area contributed by atoms with Crippen LogP contribution in [0, 0.1) is 11.3 Å². The Hall–Kier alpha value is -2.70. The van der Waals surface area contributed by atoms with E-state index in [0.29, 0.717) is 38.3 Å². The zero-order valence-electron chi connectivity index (χ0n) is 22.2. The molecule has 1 heterocycles. The van der Waals surface area contributed by atoms with Crippen LogP contribution in [0.15, 0.2) is 29.2 Å². The number of carbonyl (C=O) groups excluding carboxylic acids is 3. The average Bonchev–Trinajstić information content (AvgIpc) is 2.87. The van der Waals surface area contributed by atoms with Gasteiger partial charge in [0.2, 0.25) is 15.9 Å². The highest BCUT2D eigenvalue weighted by Crippen LogP contribution is 2.29. The molecule has 12 heteroatoms. The second-order valence-electron chi connectivity index (χ2n) is 10.2. The van der Waals surface area contributed by atoms with Crippen LogP contribution in [0.4, 0.5) is 0 Å². The van der Waals surface area contributed by atoms with Crippen LogP contribution in [0.3, 0.4) is 0 Å². The normalized spacial score (nSPS) is 15.8. The van der Waals surface area contributed by atoms with E-state index < -0.39 is 27.4 Å². The Labute approximate surface area is 219 Å². The summed E-state index contributed by atoms with van der Waals surface area (Å²) in [7, 11) is -2.77. The number of likely N-dealkylation sites (tertiary alicyclic amines) is 1. The van der Waals surface area contributed by atoms with Crippen molar-refractivity contribution in [2.45, 2.75) is 64.3 Å². The van der Waals surface area contributed by atoms with Gasteiger partial charge in [-0.2, -0.15) is 4.31 Å². The summed E-state index contributed by atoms with van der Waals surface area (Å²) in [5.41, 5.74) is 1.11. The van der Waals surface area contributed by atoms with Gasteiger partial charge >= 0.3 is 5.97 Å². The van der Waals surface area contributed by atoms with Gasteiger partial charge in [-0.3, -0.25) is 19.6 Å². The number of ether oxygens (including phenoxy) is 2. The van der Waals surface area contributed by atoms with E-state index >= 15 is 0 Å². The van der Waals surface area contributed by atoms with Crippen LogP contribution in [0.2, 0.25) is 0 Å². The van der Waals surface area contributed by atoms with E-state index in [9.17, 15) is 28.0 Å². The lowest BCUT2D eigenvalue weighted by Gasteiger charge is -2.34. The number of hydrogen-bond acceptors (Lipinski definition) is 8. The molecule has 0 radical (unpaired) electrons. The molecule has 0 spiro atoms. The van der Waals surface area contributed by atoms with Gasteiger partial charge in [0, 0.05) is 26.1 Å². The lowest BCUT2D eigenvalue weighted by molar-refractivity contribution is -0.151. The average molecular weight is 542 g/mol. The number of benzene rings is 1. The molecule has 0 aliphatic carbocycles. The fourth-order valence-corrected chi connectivity index (χ4v) is 5.88. The molecule has 37 heavy (non-hydrogen) atoms. The molecule has 1 fully saturated rings. The molecule has 2 N–H and O–H groups in total. The minimum atomic E-state index is -4.23. The number of carbonyl (C=O) groups is 3. The summed E-state index contributed by atoms with van der Waals surface area (Å²) in [6.45, 7) is 8.04. The molecule has 0 aromatic heterocycles. The molecule has 1 saturated heterocycles. The summed E-state index contributed by atoms with van der Waals surface area (Å²) in [5, 5.41) is 9.39. The summed E-state index contributed by atoms with van der Waals surface area (Å²) in [4.78, 5) is 39.2. The van der Waals surface area contributed by atoms with E-state index in [1.165, 1.54) is 31.4 Å². The van der Waals surface area contributed by atoms with E-state index in [1.54, 1.807) is 17.3 Å². The van der Waals surface area contributed by atoms with Crippen LogP contribution >= 0.6 is 0 Å². The lowest BCUT2D eigenvalue weighted by Crippen LogP contribution is -2.51. The largest absolute Gasteiger partial charge is 0.497 e. The molecule has 0 saturated carbocycles. The number of esters is 1. The fourth-order valence-electron chi connectivity index (χ4n) is 4.30. The van der Waals surface area contributed by atoms with E-state index in [4.69, 9.17) is 9.47 Å². The van der Waals surface area contributed by atoms with Crippen molar-refractivity contribution in [2.75, 3.05) is 33.4 Å². The first-order valence-electron chi connectivity index (χ1n) is 12.4. The first-order chi connectivity index (χ1) is 17.3. The van der Waals surface area contributed by atoms with Gasteiger partial charge in [-0.1, -0.05) is 20.8 Å². The van der Waals surface area contributed by atoms with Gasteiger partial charge in [-0.25, -0.2) is 13.9 Å². The minimum absolute atomic E-state index is 0.0688. The van der Waals surface area contributed by atoms with Crippen molar-refractivity contribution in [3.63, 3.8) is 0 Å². The van der Waals surface area contributed by atoms with Gasteiger partial charge < -0.3 is 14.4 Å². The zero-order valence-corrected chi connectivity index (χ0v) is 23.0. The number of amides is 2. The van der Waals surface area contributed by atoms with E-state index in [-0.39, 0.29) is 42.1 Å². The highest BCUT2D eigenvalue weighted by atomic mass is 32.2. The smallest absolute Gasteiger partial charge is 0.309 e. The van der Waals surface area contributed by atoms with Gasteiger partial charge in [0.25, 0.3) is 5.91 Å². The van der Waals surface area contributed by atoms with Crippen LogP contribution in [0.1, 0.15) is 53.4 Å². The molecule has 1 aliphatic rings. The number of hydroxylamine groups is 1. The van der Waals surface area contributed by atoms with Gasteiger partial charge in [0.05, 0.1) is 24.5 Å². The standard InChI is InChI=1S/C25H39N3O8S/c1-6-36-24(31)18-11-14-27(15-12-18)22(29)13-16-28(21(23(30)26-32)17-25(2,3)4)37(33,34)20-9-7-19(35-5)8-10-20/h7-10,18,21,32H,6,11-17H2,1-5H3,(H,26,30). The van der Waals surface area contributed by atoms with Gasteiger partial charge in [0.1, 0.15) is 11.8 Å². The molecule has 2 amide bonds. The predicted octanol–water partition coefficient (Wildman–Crippen LogP) is 2.19. The quantitative estimate of drug-likeness (QED) is 0.247. The lowest BCUT2D eigenvalue weighted by atomic mass is 9.87. The Morgan fingerprint density at radius 1 is 1.16 bits per heavy atom. The number of nitrogens with zero attached hydrogens (tertiary/aromatic N) is 2.